The molecule has 0 saturated heterocycles. The number of carbonyl (C=O) groups is 3. The van der Waals surface area contributed by atoms with Crippen molar-refractivity contribution in [3.63, 3.8) is 0 Å². The lowest BCUT2D eigenvalue weighted by Gasteiger charge is -2.29. The maximum absolute atomic E-state index is 12.4. The smallest absolute Gasteiger partial charge is 0.220 e. The van der Waals surface area contributed by atoms with Crippen LogP contribution in [0.25, 0.3) is 0 Å². The van der Waals surface area contributed by atoms with Gasteiger partial charge in [-0.25, -0.2) is 0 Å². The molecule has 1 amide bonds. The third-order valence-corrected chi connectivity index (χ3v) is 5.31. The quantitative estimate of drug-likeness (QED) is 0.237. The first kappa shape index (κ1) is 26.2. The highest BCUT2D eigenvalue weighted by molar-refractivity contribution is 6.22. The fourth-order valence-electron chi connectivity index (χ4n) is 3.74. The summed E-state index contributed by atoms with van der Waals surface area (Å²) in [6.45, 7) is 12.2. The number of hydrogen-bond donors (Lipinski definition) is 4. The van der Waals surface area contributed by atoms with Crippen molar-refractivity contribution in [1.29, 1.82) is 0 Å². The molecule has 0 heterocycles. The van der Waals surface area contributed by atoms with E-state index in [1.807, 2.05) is 13.8 Å². The minimum atomic E-state index is -0.686. The minimum absolute atomic E-state index is 0.102. The lowest BCUT2D eigenvalue weighted by atomic mass is 9.73. The van der Waals surface area contributed by atoms with Gasteiger partial charge >= 0.3 is 0 Å². The van der Waals surface area contributed by atoms with E-state index >= 15 is 0 Å². The van der Waals surface area contributed by atoms with Crippen molar-refractivity contribution in [3.8, 4) is 0 Å². The summed E-state index contributed by atoms with van der Waals surface area (Å²) in [5.74, 6) is -0.382. The molecule has 1 aliphatic carbocycles. The Bertz CT molecular complexity index is 665. The van der Waals surface area contributed by atoms with Gasteiger partial charge in [-0.1, -0.05) is 13.8 Å². The number of allylic oxidation sites excluding steroid dienone is 4. The van der Waals surface area contributed by atoms with Crippen LogP contribution in [-0.2, 0) is 14.4 Å². The Morgan fingerprint density at radius 2 is 1.50 bits per heavy atom. The zero-order chi connectivity index (χ0) is 22.6. The average molecular weight is 421 g/mol. The van der Waals surface area contributed by atoms with Crippen molar-refractivity contribution in [3.05, 3.63) is 22.8 Å². The lowest BCUT2D eigenvalue weighted by molar-refractivity contribution is -0.123. The van der Waals surface area contributed by atoms with E-state index < -0.39 is 5.41 Å². The van der Waals surface area contributed by atoms with Crippen LogP contribution in [0.5, 0.6) is 0 Å². The highest BCUT2D eigenvalue weighted by Crippen LogP contribution is 2.36. The molecule has 0 saturated carbocycles. The largest absolute Gasteiger partial charge is 0.356 e. The van der Waals surface area contributed by atoms with Crippen LogP contribution in [0.4, 0.5) is 0 Å². The summed E-state index contributed by atoms with van der Waals surface area (Å²) in [5, 5.41) is 9.67. The van der Waals surface area contributed by atoms with Gasteiger partial charge < -0.3 is 21.7 Å². The summed E-state index contributed by atoms with van der Waals surface area (Å²) >= 11 is 0. The summed E-state index contributed by atoms with van der Waals surface area (Å²) < 4.78 is 0. The molecule has 0 unspecified atom stereocenters. The van der Waals surface area contributed by atoms with E-state index in [-0.39, 0.29) is 23.9 Å². The SMILES string of the molecule is CC1=CC(=O)C(C(C)(C)CC(=O)NCCCNCCCCNCCCN)=C(C)C1=O. The maximum Gasteiger partial charge on any atom is 0.220 e. The van der Waals surface area contributed by atoms with Crippen LogP contribution in [0, 0.1) is 5.41 Å². The number of Topliss-reactive ketones (excluding diaryl/α,β-unsaturated/α-hetero) is 1. The van der Waals surface area contributed by atoms with Crippen molar-refractivity contribution >= 4 is 17.5 Å². The number of rotatable bonds is 15. The van der Waals surface area contributed by atoms with Gasteiger partial charge in [-0.15, -0.1) is 0 Å². The monoisotopic (exact) mass is 420 g/mol. The molecule has 0 aliphatic heterocycles. The van der Waals surface area contributed by atoms with Gasteiger partial charge in [-0.05, 0) is 78.3 Å². The second kappa shape index (κ2) is 13.5. The molecule has 170 valence electrons. The van der Waals surface area contributed by atoms with Gasteiger partial charge in [0.25, 0.3) is 0 Å². The summed E-state index contributed by atoms with van der Waals surface area (Å²) in [6, 6.07) is 0. The normalized spacial score (nSPS) is 14.9. The van der Waals surface area contributed by atoms with E-state index in [9.17, 15) is 14.4 Å². The van der Waals surface area contributed by atoms with Gasteiger partial charge in [0.2, 0.25) is 5.91 Å². The molecule has 0 bridgehead atoms. The zero-order valence-electron chi connectivity index (χ0n) is 19.2. The predicted octanol–water partition coefficient (Wildman–Crippen LogP) is 1.63. The molecular formula is C23H40N4O3. The first-order valence-electron chi connectivity index (χ1n) is 11.1. The molecule has 1 aliphatic rings. The van der Waals surface area contributed by atoms with E-state index in [0.29, 0.717) is 23.3 Å². The van der Waals surface area contributed by atoms with Gasteiger partial charge in [-0.2, -0.15) is 0 Å². The van der Waals surface area contributed by atoms with Crippen LogP contribution >= 0.6 is 0 Å². The summed E-state index contributed by atoms with van der Waals surface area (Å²) in [4.78, 5) is 37.0. The maximum atomic E-state index is 12.4. The Morgan fingerprint density at radius 1 is 0.933 bits per heavy atom. The van der Waals surface area contributed by atoms with Gasteiger partial charge in [0, 0.05) is 35.1 Å². The molecule has 7 heteroatoms. The van der Waals surface area contributed by atoms with E-state index in [2.05, 4.69) is 16.0 Å². The first-order chi connectivity index (χ1) is 14.2. The van der Waals surface area contributed by atoms with Gasteiger partial charge in [0.15, 0.2) is 11.6 Å². The first-order valence-corrected chi connectivity index (χ1v) is 11.1. The topological polar surface area (TPSA) is 113 Å². The number of unbranched alkanes of at least 4 members (excludes halogenated alkanes) is 1. The van der Waals surface area contributed by atoms with Crippen LogP contribution in [0.3, 0.4) is 0 Å². The predicted molar refractivity (Wildman–Crippen MR) is 121 cm³/mol. The molecule has 30 heavy (non-hydrogen) atoms. The Morgan fingerprint density at radius 3 is 2.10 bits per heavy atom. The number of amides is 1. The van der Waals surface area contributed by atoms with Crippen LogP contribution < -0.4 is 21.7 Å². The Balaban J connectivity index is 2.22. The second-order valence-corrected chi connectivity index (χ2v) is 8.63. The molecule has 7 nitrogen and oxygen atoms in total. The third-order valence-electron chi connectivity index (χ3n) is 5.31. The van der Waals surface area contributed by atoms with Crippen LogP contribution in [-0.4, -0.2) is 56.7 Å². The Hall–Kier alpha value is -1.83. The third kappa shape index (κ3) is 8.90. The van der Waals surface area contributed by atoms with Crippen molar-refractivity contribution in [2.75, 3.05) is 39.3 Å². The molecule has 0 aromatic heterocycles. The summed E-state index contributed by atoms with van der Waals surface area (Å²) in [5.41, 5.74) is 6.12. The number of nitrogens with two attached hydrogens (primary N) is 1. The lowest BCUT2D eigenvalue weighted by Crippen LogP contribution is -2.35. The summed E-state index contributed by atoms with van der Waals surface area (Å²) in [7, 11) is 0. The van der Waals surface area contributed by atoms with Crippen LogP contribution in [0.1, 0.15) is 59.8 Å². The fourth-order valence-corrected chi connectivity index (χ4v) is 3.74. The zero-order valence-corrected chi connectivity index (χ0v) is 19.2. The molecular weight excluding hydrogens is 380 g/mol. The van der Waals surface area contributed by atoms with Crippen LogP contribution in [0.15, 0.2) is 22.8 Å². The number of carbonyl (C=O) groups excluding carboxylic acids is 3. The van der Waals surface area contributed by atoms with Crippen LogP contribution in [0.2, 0.25) is 0 Å². The van der Waals surface area contributed by atoms with Gasteiger partial charge in [-0.3, -0.25) is 14.4 Å². The van der Waals surface area contributed by atoms with E-state index in [0.717, 1.165) is 58.4 Å². The van der Waals surface area contributed by atoms with Crippen molar-refractivity contribution in [1.82, 2.24) is 16.0 Å². The Kier molecular flexibility index (Phi) is 11.8. The van der Waals surface area contributed by atoms with Gasteiger partial charge in [0.1, 0.15) is 0 Å². The molecule has 0 radical (unpaired) electrons. The molecule has 0 aromatic rings. The fraction of sp³-hybridized carbons (Fsp3) is 0.696. The van der Waals surface area contributed by atoms with Gasteiger partial charge in [0.05, 0.1) is 0 Å². The summed E-state index contributed by atoms with van der Waals surface area (Å²) in [6.07, 6.45) is 5.67. The molecule has 5 N–H and O–H groups in total. The molecule has 0 aromatic carbocycles. The Labute approximate surface area is 181 Å². The molecule has 0 atom stereocenters. The van der Waals surface area contributed by atoms with Crippen molar-refractivity contribution in [2.24, 2.45) is 11.1 Å². The second-order valence-electron chi connectivity index (χ2n) is 8.63. The van der Waals surface area contributed by atoms with Crippen molar-refractivity contribution < 1.29 is 14.4 Å². The van der Waals surface area contributed by atoms with Crippen molar-refractivity contribution in [2.45, 2.75) is 59.8 Å². The van der Waals surface area contributed by atoms with E-state index in [1.165, 1.54) is 6.08 Å². The molecule has 0 fully saturated rings. The number of hydrogen-bond acceptors (Lipinski definition) is 6. The number of ketones is 2. The highest BCUT2D eigenvalue weighted by Gasteiger charge is 2.35. The van der Waals surface area contributed by atoms with E-state index in [4.69, 9.17) is 5.73 Å². The standard InChI is InChI=1S/C23H40N4O3/c1-17-15-19(28)21(18(2)22(17)30)23(3,4)16-20(29)27-14-8-13-26-11-6-5-10-25-12-7-9-24/h15,25-26H,5-14,16,24H2,1-4H3,(H,27,29). The number of nitrogens with one attached hydrogen (secondary N) is 3. The molecule has 1 rings (SSSR count). The molecule has 0 spiro atoms. The average Bonchev–Trinajstić information content (AvgIpc) is 2.66. The minimum Gasteiger partial charge on any atom is -0.356 e. The van der Waals surface area contributed by atoms with E-state index in [1.54, 1.807) is 13.8 Å². The highest BCUT2D eigenvalue weighted by atomic mass is 16.2.